The lowest BCUT2D eigenvalue weighted by atomic mass is 9.79. The molecule has 0 aromatic heterocycles. The number of carbonyl (C=O) groups is 4. The molecular formula is C35H42F3N3O10S. The standard InChI is InChI=1S/C35H42F3N3O10S/c1-5-48-31(43)10-7-16-40-28-19-24(13-14-29(28)49-21-30(40)42)41(23-11-12-23)32(44)27-20-39(33(45)50-34(2,3)4)17-15-26(27)22-8-6-9-25(18-22)51-52(46,47)35(36,37)38/h6,8-9,13-14,18-19,23,26-27H,5,7,10-12,15-17,20-21H2,1-4H3/t26-,27?/m1/s1. The third-order valence-electron chi connectivity index (χ3n) is 8.74. The Morgan fingerprint density at radius 1 is 1.04 bits per heavy atom. The van der Waals surface area contributed by atoms with Crippen LogP contribution in [0, 0.1) is 5.92 Å². The van der Waals surface area contributed by atoms with Crippen LogP contribution in [0.4, 0.5) is 29.3 Å². The second-order valence-corrected chi connectivity index (χ2v) is 15.4. The number of likely N-dealkylation sites (tertiary alicyclic amines) is 1. The molecule has 2 fully saturated rings. The fourth-order valence-electron chi connectivity index (χ4n) is 6.29. The summed E-state index contributed by atoms with van der Waals surface area (Å²) in [7, 11) is -5.95. The Bertz CT molecular complexity index is 1790. The van der Waals surface area contributed by atoms with Crippen LogP contribution in [-0.4, -0.2) is 87.2 Å². The highest BCUT2D eigenvalue weighted by Gasteiger charge is 2.49. The third kappa shape index (κ3) is 9.08. The van der Waals surface area contributed by atoms with Gasteiger partial charge in [0.25, 0.3) is 5.91 Å². The number of amides is 3. The number of fused-ring (bicyclic) bond motifs is 1. The minimum atomic E-state index is -5.95. The molecule has 1 aliphatic carbocycles. The van der Waals surface area contributed by atoms with E-state index in [9.17, 15) is 40.8 Å². The van der Waals surface area contributed by atoms with Gasteiger partial charge in [0, 0.05) is 37.8 Å². The van der Waals surface area contributed by atoms with Gasteiger partial charge in [-0.3, -0.25) is 14.4 Å². The number of carbonyl (C=O) groups excluding carboxylic acids is 4. The summed E-state index contributed by atoms with van der Waals surface area (Å²) < 4.78 is 83.6. The Hall–Kier alpha value is -4.54. The number of hydrogen-bond acceptors (Lipinski definition) is 10. The summed E-state index contributed by atoms with van der Waals surface area (Å²) in [6.45, 7) is 7.12. The van der Waals surface area contributed by atoms with Crippen molar-refractivity contribution in [2.45, 2.75) is 82.9 Å². The number of ether oxygens (including phenoxy) is 3. The molecule has 1 saturated carbocycles. The molecule has 1 unspecified atom stereocenters. The predicted molar refractivity (Wildman–Crippen MR) is 181 cm³/mol. The van der Waals surface area contributed by atoms with E-state index in [1.54, 1.807) is 56.9 Å². The highest BCUT2D eigenvalue weighted by atomic mass is 32.2. The monoisotopic (exact) mass is 753 g/mol. The Balaban J connectivity index is 1.48. The molecule has 284 valence electrons. The van der Waals surface area contributed by atoms with Crippen LogP contribution in [0.15, 0.2) is 42.5 Å². The number of piperidine rings is 1. The Kier molecular flexibility index (Phi) is 11.3. The van der Waals surface area contributed by atoms with Gasteiger partial charge in [0.2, 0.25) is 5.91 Å². The normalized spacial score (nSPS) is 19.3. The minimum absolute atomic E-state index is 0.0971. The molecule has 52 heavy (non-hydrogen) atoms. The van der Waals surface area contributed by atoms with Gasteiger partial charge in [0.05, 0.1) is 18.2 Å². The molecule has 0 spiro atoms. The van der Waals surface area contributed by atoms with Crippen LogP contribution in [0.1, 0.15) is 71.3 Å². The van der Waals surface area contributed by atoms with Crippen molar-refractivity contribution in [2.24, 2.45) is 5.92 Å². The molecule has 1 saturated heterocycles. The highest BCUT2D eigenvalue weighted by Crippen LogP contribution is 2.43. The van der Waals surface area contributed by atoms with Crippen molar-refractivity contribution in [1.29, 1.82) is 0 Å². The quantitative estimate of drug-likeness (QED) is 0.163. The lowest BCUT2D eigenvalue weighted by Crippen LogP contribution is -2.51. The number of alkyl halides is 3. The lowest BCUT2D eigenvalue weighted by Gasteiger charge is -2.41. The van der Waals surface area contributed by atoms with Gasteiger partial charge in [-0.25, -0.2) is 4.79 Å². The number of nitrogens with zero attached hydrogens (tertiary/aromatic N) is 3. The van der Waals surface area contributed by atoms with Crippen molar-refractivity contribution in [1.82, 2.24) is 4.90 Å². The highest BCUT2D eigenvalue weighted by molar-refractivity contribution is 7.88. The Morgan fingerprint density at radius 2 is 1.77 bits per heavy atom. The van der Waals surface area contributed by atoms with Gasteiger partial charge in [-0.2, -0.15) is 21.6 Å². The van der Waals surface area contributed by atoms with Gasteiger partial charge in [-0.15, -0.1) is 0 Å². The van der Waals surface area contributed by atoms with Crippen LogP contribution < -0.4 is 18.7 Å². The van der Waals surface area contributed by atoms with Crippen molar-refractivity contribution < 1.29 is 59.2 Å². The van der Waals surface area contributed by atoms with E-state index in [0.29, 0.717) is 42.0 Å². The van der Waals surface area contributed by atoms with Gasteiger partial charge < -0.3 is 33.1 Å². The third-order valence-corrected chi connectivity index (χ3v) is 9.72. The molecule has 2 aromatic rings. The first-order valence-electron chi connectivity index (χ1n) is 17.0. The average molecular weight is 754 g/mol. The van der Waals surface area contributed by atoms with E-state index in [-0.39, 0.29) is 69.5 Å². The summed E-state index contributed by atoms with van der Waals surface area (Å²) >= 11 is 0. The van der Waals surface area contributed by atoms with E-state index in [4.69, 9.17) is 14.2 Å². The fourth-order valence-corrected chi connectivity index (χ4v) is 6.75. The summed E-state index contributed by atoms with van der Waals surface area (Å²) in [4.78, 5) is 57.5. The smallest absolute Gasteiger partial charge is 0.482 e. The molecular weight excluding hydrogens is 711 g/mol. The summed E-state index contributed by atoms with van der Waals surface area (Å²) in [6.07, 6.45) is 1.34. The van der Waals surface area contributed by atoms with Crippen molar-refractivity contribution >= 4 is 45.4 Å². The second kappa shape index (κ2) is 15.2. The van der Waals surface area contributed by atoms with E-state index in [0.717, 1.165) is 12.1 Å². The fraction of sp³-hybridized carbons (Fsp3) is 0.543. The molecule has 0 radical (unpaired) electrons. The van der Waals surface area contributed by atoms with E-state index in [1.165, 1.54) is 15.9 Å². The first-order valence-corrected chi connectivity index (χ1v) is 18.4. The zero-order chi connectivity index (χ0) is 38.0. The van der Waals surface area contributed by atoms with Crippen LogP contribution >= 0.6 is 0 Å². The van der Waals surface area contributed by atoms with E-state index < -0.39 is 44.9 Å². The topological polar surface area (TPSA) is 149 Å². The number of benzene rings is 2. The van der Waals surface area contributed by atoms with Gasteiger partial charge in [0.1, 0.15) is 17.1 Å². The van der Waals surface area contributed by atoms with Crippen molar-refractivity contribution in [3.8, 4) is 11.5 Å². The number of anilines is 2. The first-order chi connectivity index (χ1) is 24.4. The molecule has 0 bridgehead atoms. The van der Waals surface area contributed by atoms with Crippen LogP contribution in [0.3, 0.4) is 0 Å². The molecule has 3 amide bonds. The molecule has 0 N–H and O–H groups in total. The molecule has 3 aliphatic rings. The SMILES string of the molecule is CCOC(=O)CCCN1C(=O)COc2ccc(N(C(=O)C3CN(C(=O)OC(C)(C)C)CC[C@@H]3c3cccc(OS(=O)(=O)C(F)(F)F)c3)C3CC3)cc21. The van der Waals surface area contributed by atoms with Crippen molar-refractivity contribution in [3.05, 3.63) is 48.0 Å². The number of hydrogen-bond donors (Lipinski definition) is 0. The van der Waals surface area contributed by atoms with E-state index in [1.807, 2.05) is 0 Å². The summed E-state index contributed by atoms with van der Waals surface area (Å²) in [5, 5.41) is 0. The van der Waals surface area contributed by atoms with Gasteiger partial charge in [-0.1, -0.05) is 12.1 Å². The zero-order valence-corrected chi connectivity index (χ0v) is 30.1. The molecule has 2 aliphatic heterocycles. The number of esters is 1. The average Bonchev–Trinajstić information content (AvgIpc) is 3.89. The van der Waals surface area contributed by atoms with Crippen molar-refractivity contribution in [3.63, 3.8) is 0 Å². The number of rotatable bonds is 11. The van der Waals surface area contributed by atoms with Gasteiger partial charge in [-0.05, 0) is 95.2 Å². The van der Waals surface area contributed by atoms with Crippen LogP contribution in [0.5, 0.6) is 11.5 Å². The number of halogens is 3. The molecule has 2 heterocycles. The molecule has 17 heteroatoms. The zero-order valence-electron chi connectivity index (χ0n) is 29.3. The molecule has 5 rings (SSSR count). The van der Waals surface area contributed by atoms with Gasteiger partial charge in [0.15, 0.2) is 6.61 Å². The molecule has 13 nitrogen and oxygen atoms in total. The lowest BCUT2D eigenvalue weighted by molar-refractivity contribution is -0.143. The van der Waals surface area contributed by atoms with E-state index >= 15 is 0 Å². The maximum Gasteiger partial charge on any atom is 0.534 e. The first kappa shape index (κ1) is 38.7. The predicted octanol–water partition coefficient (Wildman–Crippen LogP) is 5.52. The van der Waals surface area contributed by atoms with Gasteiger partial charge >= 0.3 is 27.7 Å². The maximum absolute atomic E-state index is 14.8. The summed E-state index contributed by atoms with van der Waals surface area (Å²) in [5.74, 6) is -2.85. The largest absolute Gasteiger partial charge is 0.534 e. The Morgan fingerprint density at radius 3 is 2.42 bits per heavy atom. The summed E-state index contributed by atoms with van der Waals surface area (Å²) in [5.41, 5.74) is -5.24. The van der Waals surface area contributed by atoms with E-state index in [2.05, 4.69) is 4.18 Å². The molecule has 2 aromatic carbocycles. The van der Waals surface area contributed by atoms with Crippen LogP contribution in [0.2, 0.25) is 0 Å². The second-order valence-electron chi connectivity index (χ2n) is 13.8. The molecule has 2 atom stereocenters. The maximum atomic E-state index is 14.8. The minimum Gasteiger partial charge on any atom is -0.482 e. The van der Waals surface area contributed by atoms with Crippen LogP contribution in [-0.2, 0) is 34.0 Å². The van der Waals surface area contributed by atoms with Crippen molar-refractivity contribution in [2.75, 3.05) is 42.6 Å². The Labute approximate surface area is 300 Å². The van der Waals surface area contributed by atoms with Crippen LogP contribution in [0.25, 0.3) is 0 Å². The summed E-state index contributed by atoms with van der Waals surface area (Å²) in [6, 6.07) is 9.96.